The maximum Gasteiger partial charge on any atom is 0.142 e. The Morgan fingerprint density at radius 3 is 2.33 bits per heavy atom. The molecule has 0 aliphatic heterocycles. The van der Waals surface area contributed by atoms with Gasteiger partial charge in [0.1, 0.15) is 18.0 Å². The lowest BCUT2D eigenvalue weighted by molar-refractivity contribution is 0.831. The average molecular weight is 284 g/mol. The Morgan fingerprint density at radius 1 is 1.14 bits per heavy atom. The van der Waals surface area contributed by atoms with E-state index in [1.54, 1.807) is 6.33 Å². The smallest absolute Gasteiger partial charge is 0.142 e. The van der Waals surface area contributed by atoms with Gasteiger partial charge in [0.05, 0.1) is 0 Å². The van der Waals surface area contributed by atoms with E-state index in [0.29, 0.717) is 5.92 Å². The fraction of sp³-hybridized carbons (Fsp3) is 0.412. The summed E-state index contributed by atoms with van der Waals surface area (Å²) in [6.45, 7) is 9.45. The van der Waals surface area contributed by atoms with Crippen molar-refractivity contribution >= 4 is 17.3 Å². The Labute approximate surface area is 127 Å². The van der Waals surface area contributed by atoms with Crippen molar-refractivity contribution in [1.29, 1.82) is 0 Å². The van der Waals surface area contributed by atoms with E-state index >= 15 is 0 Å². The molecule has 0 bridgehead atoms. The Hall–Kier alpha value is -2.10. The Kier molecular flexibility index (Phi) is 4.78. The first-order chi connectivity index (χ1) is 10.1. The molecule has 21 heavy (non-hydrogen) atoms. The maximum absolute atomic E-state index is 4.55. The average Bonchev–Trinajstić information content (AvgIpc) is 2.49. The zero-order valence-electron chi connectivity index (χ0n) is 13.5. The summed E-state index contributed by atoms with van der Waals surface area (Å²) in [6.07, 6.45) is 1.63. The molecule has 2 rings (SSSR count). The van der Waals surface area contributed by atoms with E-state index in [2.05, 4.69) is 72.1 Å². The van der Waals surface area contributed by atoms with Gasteiger partial charge in [0.2, 0.25) is 0 Å². The summed E-state index contributed by atoms with van der Waals surface area (Å²) < 4.78 is 0. The molecule has 1 N–H and O–H groups in total. The molecule has 0 atom stereocenters. The quantitative estimate of drug-likeness (QED) is 0.897. The monoisotopic (exact) mass is 284 g/mol. The first kappa shape index (κ1) is 15.3. The van der Waals surface area contributed by atoms with Gasteiger partial charge in [-0.25, -0.2) is 9.97 Å². The van der Waals surface area contributed by atoms with Crippen LogP contribution in [0.3, 0.4) is 0 Å². The zero-order valence-corrected chi connectivity index (χ0v) is 13.5. The predicted molar refractivity (Wildman–Crippen MR) is 89.5 cm³/mol. The number of nitrogens with one attached hydrogen (secondary N) is 1. The van der Waals surface area contributed by atoms with Crippen LogP contribution in [0.2, 0.25) is 0 Å². The predicted octanol–water partition coefficient (Wildman–Crippen LogP) is 4.11. The van der Waals surface area contributed by atoms with E-state index in [4.69, 9.17) is 0 Å². The first-order valence-electron chi connectivity index (χ1n) is 7.45. The molecule has 1 aromatic carbocycles. The van der Waals surface area contributed by atoms with Crippen molar-refractivity contribution in [3.8, 4) is 0 Å². The summed E-state index contributed by atoms with van der Waals surface area (Å²) in [7, 11) is 1.90. The minimum Gasteiger partial charge on any atom is -0.373 e. The lowest BCUT2D eigenvalue weighted by atomic mass is 10.0. The topological polar surface area (TPSA) is 41.1 Å². The normalized spacial score (nSPS) is 10.8. The van der Waals surface area contributed by atoms with Gasteiger partial charge in [0, 0.05) is 24.8 Å². The largest absolute Gasteiger partial charge is 0.373 e. The molecule has 112 valence electrons. The van der Waals surface area contributed by atoms with Crippen molar-refractivity contribution in [3.63, 3.8) is 0 Å². The lowest BCUT2D eigenvalue weighted by Crippen LogP contribution is -2.20. The summed E-state index contributed by atoms with van der Waals surface area (Å²) in [5, 5.41) is 3.18. The molecular formula is C17H24N4. The van der Waals surface area contributed by atoms with Crippen LogP contribution in [0.5, 0.6) is 0 Å². The number of anilines is 3. The highest BCUT2D eigenvalue weighted by molar-refractivity contribution is 5.68. The van der Waals surface area contributed by atoms with E-state index in [-0.39, 0.29) is 0 Å². The highest BCUT2D eigenvalue weighted by Crippen LogP contribution is 2.34. The van der Waals surface area contributed by atoms with Gasteiger partial charge in [0.25, 0.3) is 0 Å². The summed E-state index contributed by atoms with van der Waals surface area (Å²) in [4.78, 5) is 11.1. The van der Waals surface area contributed by atoms with E-state index in [0.717, 1.165) is 29.4 Å². The van der Waals surface area contributed by atoms with Crippen molar-refractivity contribution < 1.29 is 0 Å². The SMILES string of the molecule is CCN(c1ccc(C)cc1)c1ncnc(NC)c1C(C)C. The molecule has 0 amide bonds. The third kappa shape index (κ3) is 3.15. The number of aryl methyl sites for hydroxylation is 1. The van der Waals surface area contributed by atoms with Gasteiger partial charge in [-0.15, -0.1) is 0 Å². The second kappa shape index (κ2) is 6.57. The summed E-state index contributed by atoms with van der Waals surface area (Å²) >= 11 is 0. The molecule has 1 heterocycles. The van der Waals surface area contributed by atoms with E-state index in [9.17, 15) is 0 Å². The fourth-order valence-electron chi connectivity index (χ4n) is 2.51. The molecule has 4 nitrogen and oxygen atoms in total. The van der Waals surface area contributed by atoms with Gasteiger partial charge in [-0.3, -0.25) is 0 Å². The maximum atomic E-state index is 4.55. The molecule has 0 unspecified atom stereocenters. The Morgan fingerprint density at radius 2 is 1.81 bits per heavy atom. The van der Waals surface area contributed by atoms with Gasteiger partial charge in [0.15, 0.2) is 0 Å². The van der Waals surface area contributed by atoms with Crippen molar-refractivity contribution in [2.24, 2.45) is 0 Å². The van der Waals surface area contributed by atoms with E-state index < -0.39 is 0 Å². The molecule has 2 aromatic rings. The van der Waals surface area contributed by atoms with Gasteiger partial charge in [-0.1, -0.05) is 31.5 Å². The number of rotatable bonds is 5. The molecule has 0 aliphatic carbocycles. The molecule has 0 radical (unpaired) electrons. The van der Waals surface area contributed by atoms with E-state index in [1.807, 2.05) is 7.05 Å². The Balaban J connectivity index is 2.54. The van der Waals surface area contributed by atoms with Crippen LogP contribution < -0.4 is 10.2 Å². The molecule has 0 saturated carbocycles. The third-order valence-electron chi connectivity index (χ3n) is 3.59. The van der Waals surface area contributed by atoms with Gasteiger partial charge >= 0.3 is 0 Å². The van der Waals surface area contributed by atoms with Crippen LogP contribution in [-0.4, -0.2) is 23.6 Å². The number of hydrogen-bond acceptors (Lipinski definition) is 4. The van der Waals surface area contributed by atoms with Crippen molar-refractivity contribution in [1.82, 2.24) is 9.97 Å². The highest BCUT2D eigenvalue weighted by atomic mass is 15.2. The Bertz CT molecular complexity index is 590. The van der Waals surface area contributed by atoms with Crippen LogP contribution in [-0.2, 0) is 0 Å². The van der Waals surface area contributed by atoms with E-state index in [1.165, 1.54) is 5.56 Å². The molecule has 4 heteroatoms. The molecular weight excluding hydrogens is 260 g/mol. The minimum atomic E-state index is 0.350. The van der Waals surface area contributed by atoms with Gasteiger partial charge in [-0.2, -0.15) is 0 Å². The summed E-state index contributed by atoms with van der Waals surface area (Å²) in [5.74, 6) is 2.24. The van der Waals surface area contributed by atoms with Crippen LogP contribution in [0.15, 0.2) is 30.6 Å². The van der Waals surface area contributed by atoms with Crippen molar-refractivity contribution in [2.75, 3.05) is 23.8 Å². The highest BCUT2D eigenvalue weighted by Gasteiger charge is 2.19. The second-order valence-corrected chi connectivity index (χ2v) is 5.44. The molecule has 0 aliphatic rings. The number of nitrogens with zero attached hydrogens (tertiary/aromatic N) is 3. The van der Waals surface area contributed by atoms with Crippen molar-refractivity contribution in [3.05, 3.63) is 41.7 Å². The summed E-state index contributed by atoms with van der Waals surface area (Å²) in [6, 6.07) is 8.55. The van der Waals surface area contributed by atoms with Crippen LogP contribution in [0, 0.1) is 6.92 Å². The summed E-state index contributed by atoms with van der Waals surface area (Å²) in [5.41, 5.74) is 3.57. The van der Waals surface area contributed by atoms with Crippen molar-refractivity contribution in [2.45, 2.75) is 33.6 Å². The zero-order chi connectivity index (χ0) is 15.4. The van der Waals surface area contributed by atoms with Crippen LogP contribution in [0.4, 0.5) is 17.3 Å². The molecule has 0 saturated heterocycles. The molecule has 0 fully saturated rings. The lowest BCUT2D eigenvalue weighted by Gasteiger charge is -2.26. The molecule has 1 aromatic heterocycles. The number of hydrogen-bond donors (Lipinski definition) is 1. The van der Waals surface area contributed by atoms with Crippen LogP contribution in [0.1, 0.15) is 37.8 Å². The van der Waals surface area contributed by atoms with Gasteiger partial charge < -0.3 is 10.2 Å². The van der Waals surface area contributed by atoms with Gasteiger partial charge in [-0.05, 0) is 31.9 Å². The van der Waals surface area contributed by atoms with Crippen LogP contribution in [0.25, 0.3) is 0 Å². The number of aromatic nitrogens is 2. The number of benzene rings is 1. The molecule has 0 spiro atoms. The fourth-order valence-corrected chi connectivity index (χ4v) is 2.51. The second-order valence-electron chi connectivity index (χ2n) is 5.44. The third-order valence-corrected chi connectivity index (χ3v) is 3.59. The van der Waals surface area contributed by atoms with Crippen LogP contribution >= 0.6 is 0 Å². The first-order valence-corrected chi connectivity index (χ1v) is 7.45. The standard InChI is InChI=1S/C17H24N4/c1-6-21(14-9-7-13(4)8-10-14)17-15(12(2)3)16(18-5)19-11-20-17/h7-12H,6H2,1-5H3,(H,18,19,20). The minimum absolute atomic E-state index is 0.350.